The maximum atomic E-state index is 11.9. The minimum absolute atomic E-state index is 0.0525. The van der Waals surface area contributed by atoms with Crippen molar-refractivity contribution in [2.45, 2.75) is 18.2 Å². The van der Waals surface area contributed by atoms with Crippen LogP contribution in [0.15, 0.2) is 22.5 Å². The molecule has 0 atom stereocenters. The number of rotatable bonds is 5. The molecular weight excluding hydrogens is 312 g/mol. The van der Waals surface area contributed by atoms with Gasteiger partial charge in [0.1, 0.15) is 5.01 Å². The van der Waals surface area contributed by atoms with Crippen LogP contribution < -0.4 is 5.32 Å². The molecule has 0 bridgehead atoms. The first-order valence-corrected chi connectivity index (χ1v) is 7.73. The van der Waals surface area contributed by atoms with Crippen molar-refractivity contribution >= 4 is 40.4 Å². The summed E-state index contributed by atoms with van der Waals surface area (Å²) in [6, 6.07) is 4.37. The number of nitro groups is 1. The number of hydrogen-bond acceptors (Lipinski definition) is 7. The summed E-state index contributed by atoms with van der Waals surface area (Å²) in [5, 5.41) is 22.0. The Hall–Kier alpha value is -2.00. The fraction of sp³-hybridized carbons (Fsp3) is 0.250. The number of anilines is 1. The van der Waals surface area contributed by atoms with Crippen molar-refractivity contribution in [3.8, 4) is 0 Å². The van der Waals surface area contributed by atoms with E-state index in [9.17, 15) is 14.9 Å². The van der Waals surface area contributed by atoms with Gasteiger partial charge >= 0.3 is 0 Å². The van der Waals surface area contributed by atoms with E-state index < -0.39 is 4.92 Å². The zero-order valence-corrected chi connectivity index (χ0v) is 13.0. The van der Waals surface area contributed by atoms with Gasteiger partial charge in [0.2, 0.25) is 5.91 Å². The summed E-state index contributed by atoms with van der Waals surface area (Å²) in [5.74, 6) is -0.0621. The van der Waals surface area contributed by atoms with E-state index in [2.05, 4.69) is 15.5 Å². The first-order chi connectivity index (χ1) is 9.95. The van der Waals surface area contributed by atoms with Gasteiger partial charge in [-0.25, -0.2) is 0 Å². The van der Waals surface area contributed by atoms with Gasteiger partial charge in [-0.2, -0.15) is 0 Å². The second-order valence-electron chi connectivity index (χ2n) is 4.18. The normalized spacial score (nSPS) is 10.4. The summed E-state index contributed by atoms with van der Waals surface area (Å²) >= 11 is 2.70. The minimum atomic E-state index is -0.492. The number of carbonyl (C=O) groups excluding carboxylic acids is 1. The second-order valence-corrected chi connectivity index (χ2v) is 6.58. The molecule has 9 heteroatoms. The Kier molecular flexibility index (Phi) is 4.86. The van der Waals surface area contributed by atoms with Crippen molar-refractivity contribution in [1.82, 2.24) is 10.2 Å². The van der Waals surface area contributed by atoms with E-state index in [-0.39, 0.29) is 17.3 Å². The quantitative estimate of drug-likeness (QED) is 0.516. The van der Waals surface area contributed by atoms with Crippen molar-refractivity contribution in [3.63, 3.8) is 0 Å². The van der Waals surface area contributed by atoms with Crippen LogP contribution >= 0.6 is 23.1 Å². The van der Waals surface area contributed by atoms with E-state index >= 15 is 0 Å². The number of hydrogen-bond donors (Lipinski definition) is 1. The molecule has 0 unspecified atom stereocenters. The molecule has 2 rings (SSSR count). The number of amides is 1. The van der Waals surface area contributed by atoms with Crippen LogP contribution in [0.1, 0.15) is 10.6 Å². The summed E-state index contributed by atoms with van der Waals surface area (Å²) in [7, 11) is 0. The maximum Gasteiger partial charge on any atom is 0.271 e. The number of benzene rings is 1. The van der Waals surface area contributed by atoms with E-state index in [0.29, 0.717) is 5.69 Å². The molecule has 1 aromatic heterocycles. The first-order valence-electron chi connectivity index (χ1n) is 5.93. The highest BCUT2D eigenvalue weighted by Crippen LogP contribution is 2.24. The van der Waals surface area contributed by atoms with E-state index in [0.717, 1.165) is 14.9 Å². The third-order valence-corrected chi connectivity index (χ3v) is 4.51. The monoisotopic (exact) mass is 324 g/mol. The van der Waals surface area contributed by atoms with Gasteiger partial charge in [0, 0.05) is 12.1 Å². The number of nitrogens with one attached hydrogen (secondary N) is 1. The highest BCUT2D eigenvalue weighted by molar-refractivity contribution is 8.01. The number of carbonyl (C=O) groups is 1. The van der Waals surface area contributed by atoms with Crippen molar-refractivity contribution in [3.05, 3.63) is 38.9 Å². The first kappa shape index (κ1) is 15.4. The predicted octanol–water partition coefficient (Wildman–Crippen LogP) is 2.79. The van der Waals surface area contributed by atoms with Crippen molar-refractivity contribution in [2.24, 2.45) is 0 Å². The molecule has 0 fully saturated rings. The molecule has 2 aromatic rings. The third-order valence-electron chi connectivity index (χ3n) is 2.54. The van der Waals surface area contributed by atoms with Gasteiger partial charge < -0.3 is 5.32 Å². The number of non-ortho nitro benzene ring substituents is 1. The topological polar surface area (TPSA) is 98.0 Å². The van der Waals surface area contributed by atoms with E-state index in [4.69, 9.17) is 0 Å². The predicted molar refractivity (Wildman–Crippen MR) is 81.8 cm³/mol. The van der Waals surface area contributed by atoms with Crippen molar-refractivity contribution in [1.29, 1.82) is 0 Å². The van der Waals surface area contributed by atoms with Gasteiger partial charge in [-0.3, -0.25) is 14.9 Å². The lowest BCUT2D eigenvalue weighted by molar-refractivity contribution is -0.384. The molecule has 0 saturated carbocycles. The van der Waals surface area contributed by atoms with Crippen LogP contribution in [0.4, 0.5) is 11.4 Å². The number of nitrogens with zero attached hydrogens (tertiary/aromatic N) is 3. The van der Waals surface area contributed by atoms with Crippen LogP contribution in [0.2, 0.25) is 0 Å². The highest BCUT2D eigenvalue weighted by Gasteiger charge is 2.12. The van der Waals surface area contributed by atoms with Crippen LogP contribution in [-0.4, -0.2) is 26.8 Å². The lowest BCUT2D eigenvalue weighted by Crippen LogP contribution is -2.15. The molecule has 1 heterocycles. The fourth-order valence-electron chi connectivity index (χ4n) is 1.51. The van der Waals surface area contributed by atoms with Crippen LogP contribution in [0, 0.1) is 24.0 Å². The van der Waals surface area contributed by atoms with Crippen LogP contribution in [0.5, 0.6) is 0 Å². The fourth-order valence-corrected chi connectivity index (χ4v) is 3.12. The van der Waals surface area contributed by atoms with Crippen LogP contribution in [-0.2, 0) is 4.79 Å². The van der Waals surface area contributed by atoms with Gasteiger partial charge in [0.05, 0.1) is 16.4 Å². The molecule has 0 spiro atoms. The standard InChI is InChI=1S/C12H12N4O3S2/c1-7-3-4-9(16(18)19)5-10(7)13-11(17)6-20-12-15-14-8(2)21-12/h3-5H,6H2,1-2H3,(H,13,17). The molecule has 1 amide bonds. The number of nitro benzene ring substituents is 1. The average molecular weight is 324 g/mol. The van der Waals surface area contributed by atoms with Gasteiger partial charge in [-0.05, 0) is 19.4 Å². The zero-order chi connectivity index (χ0) is 15.4. The molecule has 1 aromatic carbocycles. The Labute approximate surface area is 128 Å². The Bertz CT molecular complexity index is 687. The Morgan fingerprint density at radius 2 is 2.19 bits per heavy atom. The Morgan fingerprint density at radius 3 is 2.81 bits per heavy atom. The molecule has 0 aliphatic heterocycles. The molecule has 7 nitrogen and oxygen atoms in total. The molecule has 110 valence electrons. The van der Waals surface area contributed by atoms with Gasteiger partial charge in [-0.1, -0.05) is 29.2 Å². The van der Waals surface area contributed by atoms with Crippen molar-refractivity contribution < 1.29 is 9.72 Å². The average Bonchev–Trinajstić information content (AvgIpc) is 2.84. The van der Waals surface area contributed by atoms with Crippen LogP contribution in [0.25, 0.3) is 0 Å². The minimum Gasteiger partial charge on any atom is -0.325 e. The largest absolute Gasteiger partial charge is 0.325 e. The van der Waals surface area contributed by atoms with Gasteiger partial charge in [0.25, 0.3) is 5.69 Å². The zero-order valence-electron chi connectivity index (χ0n) is 11.3. The smallest absolute Gasteiger partial charge is 0.271 e. The summed E-state index contributed by atoms with van der Waals surface area (Å²) in [5.41, 5.74) is 1.16. The Morgan fingerprint density at radius 1 is 1.43 bits per heavy atom. The summed E-state index contributed by atoms with van der Waals surface area (Å²) < 4.78 is 0.721. The molecular formula is C12H12N4O3S2. The van der Waals surface area contributed by atoms with Gasteiger partial charge in [0.15, 0.2) is 4.34 Å². The number of aromatic nitrogens is 2. The SMILES string of the molecule is Cc1nnc(SCC(=O)Nc2cc([N+](=O)[O-])ccc2C)s1. The summed E-state index contributed by atoms with van der Waals surface area (Å²) in [4.78, 5) is 22.1. The second kappa shape index (κ2) is 6.64. The lowest BCUT2D eigenvalue weighted by atomic mass is 10.2. The third kappa shape index (κ3) is 4.23. The summed E-state index contributed by atoms with van der Waals surface area (Å²) in [6.45, 7) is 3.62. The molecule has 0 aliphatic rings. The van der Waals surface area contributed by atoms with Crippen LogP contribution in [0.3, 0.4) is 0 Å². The van der Waals surface area contributed by atoms with E-state index in [1.807, 2.05) is 6.92 Å². The molecule has 0 aliphatic carbocycles. The molecule has 1 N–H and O–H groups in total. The van der Waals surface area contributed by atoms with E-state index in [1.165, 1.54) is 35.2 Å². The molecule has 0 radical (unpaired) electrons. The van der Waals surface area contributed by atoms with Gasteiger partial charge in [-0.15, -0.1) is 10.2 Å². The van der Waals surface area contributed by atoms with Crippen molar-refractivity contribution in [2.75, 3.05) is 11.1 Å². The lowest BCUT2D eigenvalue weighted by Gasteiger charge is -2.07. The molecule has 0 saturated heterocycles. The highest BCUT2D eigenvalue weighted by atomic mass is 32.2. The molecule has 21 heavy (non-hydrogen) atoms. The maximum absolute atomic E-state index is 11.9. The number of aryl methyl sites for hydroxylation is 2. The Balaban J connectivity index is 1.99. The summed E-state index contributed by atoms with van der Waals surface area (Å²) in [6.07, 6.45) is 0. The number of thioether (sulfide) groups is 1. The van der Waals surface area contributed by atoms with E-state index in [1.54, 1.807) is 13.0 Å².